The van der Waals surface area contributed by atoms with Crippen LogP contribution in [-0.4, -0.2) is 19.5 Å². The lowest BCUT2D eigenvalue weighted by molar-refractivity contribution is 0.668. The Morgan fingerprint density at radius 1 is 0.352 bits per heavy atom. The molecule has 0 radical (unpaired) electrons. The van der Waals surface area contributed by atoms with Crippen LogP contribution in [0.5, 0.6) is 0 Å². The van der Waals surface area contributed by atoms with Crippen molar-refractivity contribution in [1.29, 1.82) is 0 Å². The standard InChI is InChI=1S/C61H34N4O3.C3H8/c1-2-15-40-35(12-1)28-31-49-56(40)48-21-10-20-42(37-14-9-13-36(32-37)41-19-11-25-53-57(41)47-18-5-8-24-52(47)66-53)58(48)65(49)61-63-59(38-26-29-45-43-16-3-6-22-50(43)67-54(45)33-38)62-60(64-61)39-27-30-46-44-17-4-7-23-51(44)68-55(46)34-39;1-3-2/h1-34H;3H2,1-2H3. The van der Waals surface area contributed by atoms with Crippen molar-refractivity contribution < 1.29 is 13.3 Å². The molecule has 0 unspecified atom stereocenters. The minimum absolute atomic E-state index is 0.493. The summed E-state index contributed by atoms with van der Waals surface area (Å²) in [6, 6.07) is 71.7. The highest BCUT2D eigenvalue weighted by molar-refractivity contribution is 6.23. The molecular weight excluding hydrogens is 873 g/mol. The van der Waals surface area contributed by atoms with Gasteiger partial charge in [0.1, 0.15) is 33.5 Å². The molecule has 5 heterocycles. The molecule has 7 nitrogen and oxygen atoms in total. The number of furan rings is 3. The van der Waals surface area contributed by atoms with Gasteiger partial charge in [-0.05, 0) is 88.1 Å². The summed E-state index contributed by atoms with van der Waals surface area (Å²) in [5.41, 5.74) is 12.8. The molecule has 0 saturated heterocycles. The van der Waals surface area contributed by atoms with Crippen LogP contribution in [0.1, 0.15) is 20.3 Å². The van der Waals surface area contributed by atoms with Gasteiger partial charge in [0.25, 0.3) is 0 Å². The molecule has 0 amide bonds. The SMILES string of the molecule is CCC.c1cc(-c2cccc3oc4ccccc4c23)cc(-c2cccc3c4c5ccccc5ccc4n(-c4nc(-c5ccc6c(c5)oc5ccccc56)nc(-c5ccc6c(c5)oc5ccccc56)n4)c23)c1. The first kappa shape index (κ1) is 40.7. The second-order valence-electron chi connectivity index (χ2n) is 18.2. The maximum atomic E-state index is 6.42. The highest BCUT2D eigenvalue weighted by Crippen LogP contribution is 2.44. The lowest BCUT2D eigenvalue weighted by Crippen LogP contribution is -2.07. The van der Waals surface area contributed by atoms with E-state index in [0.717, 1.165) is 132 Å². The summed E-state index contributed by atoms with van der Waals surface area (Å²) in [5, 5.41) is 10.9. The van der Waals surface area contributed by atoms with Gasteiger partial charge in [0.2, 0.25) is 5.95 Å². The molecule has 15 rings (SSSR count). The molecular formula is C64H42N4O3. The average Bonchev–Trinajstić information content (AvgIpc) is 4.20. The third-order valence-corrected chi connectivity index (χ3v) is 13.7. The Kier molecular flexibility index (Phi) is 9.26. The van der Waals surface area contributed by atoms with E-state index in [2.05, 4.69) is 158 Å². The lowest BCUT2D eigenvalue weighted by Gasteiger charge is -2.14. The summed E-state index contributed by atoms with van der Waals surface area (Å²) in [6.07, 6.45) is 1.25. The molecule has 15 aromatic rings. The van der Waals surface area contributed by atoms with Crippen molar-refractivity contribution in [2.75, 3.05) is 0 Å². The van der Waals surface area contributed by atoms with Crippen LogP contribution >= 0.6 is 0 Å². The molecule has 336 valence electrons. The van der Waals surface area contributed by atoms with Gasteiger partial charge in [0.05, 0.1) is 11.0 Å². The molecule has 0 aliphatic rings. The lowest BCUT2D eigenvalue weighted by atomic mass is 9.95. The molecule has 0 bridgehead atoms. The first-order valence-electron chi connectivity index (χ1n) is 24.2. The van der Waals surface area contributed by atoms with Crippen molar-refractivity contribution in [3.8, 4) is 51.0 Å². The van der Waals surface area contributed by atoms with Gasteiger partial charge in [0.15, 0.2) is 11.6 Å². The molecule has 0 N–H and O–H groups in total. The van der Waals surface area contributed by atoms with E-state index in [1.807, 2.05) is 66.7 Å². The predicted octanol–water partition coefficient (Wildman–Crippen LogP) is 17.9. The Bertz CT molecular complexity index is 4480. The quantitative estimate of drug-likeness (QED) is 0.171. The molecule has 71 heavy (non-hydrogen) atoms. The van der Waals surface area contributed by atoms with Gasteiger partial charge in [-0.1, -0.05) is 166 Å². The molecule has 0 saturated carbocycles. The first-order valence-corrected chi connectivity index (χ1v) is 24.2. The highest BCUT2D eigenvalue weighted by Gasteiger charge is 2.23. The van der Waals surface area contributed by atoms with E-state index >= 15 is 0 Å². The molecule has 0 aliphatic heterocycles. The third-order valence-electron chi connectivity index (χ3n) is 13.7. The van der Waals surface area contributed by atoms with E-state index in [-0.39, 0.29) is 0 Å². The normalized spacial score (nSPS) is 11.9. The Morgan fingerprint density at radius 2 is 0.845 bits per heavy atom. The number of para-hydroxylation sites is 4. The maximum absolute atomic E-state index is 6.42. The van der Waals surface area contributed by atoms with Crippen LogP contribution in [0.25, 0.3) is 149 Å². The topological polar surface area (TPSA) is 83.0 Å². The van der Waals surface area contributed by atoms with E-state index in [1.54, 1.807) is 0 Å². The minimum Gasteiger partial charge on any atom is -0.456 e. The Hall–Kier alpha value is -9.33. The second-order valence-corrected chi connectivity index (χ2v) is 18.2. The summed E-state index contributed by atoms with van der Waals surface area (Å²) in [5.74, 6) is 1.54. The van der Waals surface area contributed by atoms with Gasteiger partial charge in [-0.25, -0.2) is 4.98 Å². The van der Waals surface area contributed by atoms with Crippen LogP contribution < -0.4 is 0 Å². The van der Waals surface area contributed by atoms with Crippen molar-refractivity contribution in [2.45, 2.75) is 20.3 Å². The summed E-state index contributed by atoms with van der Waals surface area (Å²) in [6.45, 7) is 4.25. The summed E-state index contributed by atoms with van der Waals surface area (Å²) in [4.78, 5) is 16.1. The number of fused-ring (bicyclic) bond motifs is 14. The van der Waals surface area contributed by atoms with Crippen LogP contribution in [0, 0.1) is 0 Å². The Labute approximate surface area is 406 Å². The first-order chi connectivity index (χ1) is 35.1. The van der Waals surface area contributed by atoms with Crippen LogP contribution in [-0.2, 0) is 0 Å². The van der Waals surface area contributed by atoms with Crippen LogP contribution in [0.15, 0.2) is 220 Å². The second kappa shape index (κ2) is 16.1. The van der Waals surface area contributed by atoms with Gasteiger partial charge >= 0.3 is 0 Å². The molecule has 0 spiro atoms. The smallest absolute Gasteiger partial charge is 0.238 e. The largest absolute Gasteiger partial charge is 0.456 e. The molecule has 5 aromatic heterocycles. The minimum atomic E-state index is 0.493. The van der Waals surface area contributed by atoms with Gasteiger partial charge in [0, 0.05) is 59.8 Å². The van der Waals surface area contributed by atoms with E-state index in [0.29, 0.717) is 17.6 Å². The summed E-state index contributed by atoms with van der Waals surface area (Å²) in [7, 11) is 0. The number of benzene rings is 10. The average molecular weight is 915 g/mol. The zero-order valence-corrected chi connectivity index (χ0v) is 38.9. The maximum Gasteiger partial charge on any atom is 0.238 e. The van der Waals surface area contributed by atoms with Crippen LogP contribution in [0.4, 0.5) is 0 Å². The van der Waals surface area contributed by atoms with Crippen LogP contribution in [0.2, 0.25) is 0 Å². The third kappa shape index (κ3) is 6.47. The van der Waals surface area contributed by atoms with Gasteiger partial charge in [-0.3, -0.25) is 4.57 Å². The van der Waals surface area contributed by atoms with Crippen LogP contribution in [0.3, 0.4) is 0 Å². The summed E-state index contributed by atoms with van der Waals surface area (Å²) < 4.78 is 21.4. The van der Waals surface area contributed by atoms with Gasteiger partial charge < -0.3 is 13.3 Å². The predicted molar refractivity (Wildman–Crippen MR) is 291 cm³/mol. The van der Waals surface area contributed by atoms with Crippen molar-refractivity contribution >= 4 is 98.4 Å². The van der Waals surface area contributed by atoms with Gasteiger partial charge in [-0.15, -0.1) is 0 Å². The fourth-order valence-corrected chi connectivity index (χ4v) is 10.6. The number of aromatic nitrogens is 4. The van der Waals surface area contributed by atoms with E-state index in [1.165, 1.54) is 6.42 Å². The Balaban J connectivity index is 0.00000153. The van der Waals surface area contributed by atoms with Crippen molar-refractivity contribution in [2.24, 2.45) is 0 Å². The summed E-state index contributed by atoms with van der Waals surface area (Å²) >= 11 is 0. The number of rotatable bonds is 5. The zero-order valence-electron chi connectivity index (χ0n) is 38.9. The highest BCUT2D eigenvalue weighted by atomic mass is 16.3. The monoisotopic (exact) mass is 914 g/mol. The molecule has 0 atom stereocenters. The van der Waals surface area contributed by atoms with Crippen molar-refractivity contribution in [3.05, 3.63) is 206 Å². The molecule has 0 fully saturated rings. The van der Waals surface area contributed by atoms with E-state index in [4.69, 9.17) is 28.2 Å². The zero-order chi connectivity index (χ0) is 47.2. The molecule has 0 aliphatic carbocycles. The fourth-order valence-electron chi connectivity index (χ4n) is 10.6. The molecule has 7 heteroatoms. The number of hydrogen-bond donors (Lipinski definition) is 0. The fraction of sp³-hybridized carbons (Fsp3) is 0.0469. The molecule has 10 aromatic carbocycles. The van der Waals surface area contributed by atoms with Gasteiger partial charge in [-0.2, -0.15) is 9.97 Å². The van der Waals surface area contributed by atoms with E-state index in [9.17, 15) is 0 Å². The number of hydrogen-bond acceptors (Lipinski definition) is 6. The van der Waals surface area contributed by atoms with Crippen molar-refractivity contribution in [3.63, 3.8) is 0 Å². The Morgan fingerprint density at radius 3 is 1.52 bits per heavy atom. The number of nitrogens with zero attached hydrogens (tertiary/aromatic N) is 4. The van der Waals surface area contributed by atoms with E-state index < -0.39 is 0 Å². The van der Waals surface area contributed by atoms with Crippen molar-refractivity contribution in [1.82, 2.24) is 19.5 Å².